The molecule has 0 bridgehead atoms. The van der Waals surface area contributed by atoms with Gasteiger partial charge in [-0.3, -0.25) is 0 Å². The van der Waals surface area contributed by atoms with Crippen molar-refractivity contribution >= 4 is 0 Å². The van der Waals surface area contributed by atoms with Crippen molar-refractivity contribution in [2.75, 3.05) is 13.1 Å². The fourth-order valence-electron chi connectivity index (χ4n) is 2.94. The van der Waals surface area contributed by atoms with Gasteiger partial charge in [-0.25, -0.2) is 0 Å². The zero-order valence-electron chi connectivity index (χ0n) is 16.3. The van der Waals surface area contributed by atoms with Crippen LogP contribution < -0.4 is 5.32 Å². The molecule has 0 aromatic rings. The Labute approximate surface area is 142 Å². The van der Waals surface area contributed by atoms with Crippen LogP contribution in [0.5, 0.6) is 0 Å². The second-order valence-corrected chi connectivity index (χ2v) is 8.30. The molecule has 0 saturated heterocycles. The van der Waals surface area contributed by atoms with Crippen molar-refractivity contribution in [3.63, 3.8) is 0 Å². The van der Waals surface area contributed by atoms with Gasteiger partial charge in [0.25, 0.3) is 0 Å². The second kappa shape index (κ2) is 15.8. The Balaban J connectivity index is 3.00. The van der Waals surface area contributed by atoms with E-state index in [0.29, 0.717) is 5.41 Å². The third kappa shape index (κ3) is 20.0. The molecule has 0 rings (SSSR count). The first kappa shape index (κ1) is 22.0. The van der Waals surface area contributed by atoms with E-state index >= 15 is 0 Å². The van der Waals surface area contributed by atoms with Gasteiger partial charge < -0.3 is 5.32 Å². The summed E-state index contributed by atoms with van der Waals surface area (Å²) in [6.07, 6.45) is 19.8. The van der Waals surface area contributed by atoms with E-state index in [1.807, 2.05) is 0 Å². The number of rotatable bonds is 16. The van der Waals surface area contributed by atoms with Gasteiger partial charge in [0.2, 0.25) is 0 Å². The van der Waals surface area contributed by atoms with Gasteiger partial charge in [-0.05, 0) is 37.8 Å². The zero-order valence-corrected chi connectivity index (χ0v) is 16.3. The Morgan fingerprint density at radius 3 is 1.41 bits per heavy atom. The molecule has 0 amide bonds. The first-order valence-corrected chi connectivity index (χ1v) is 10.3. The lowest BCUT2D eigenvalue weighted by molar-refractivity contribution is 0.356. The van der Waals surface area contributed by atoms with Gasteiger partial charge in [0, 0.05) is 0 Å². The largest absolute Gasteiger partial charge is 0.317 e. The van der Waals surface area contributed by atoms with Gasteiger partial charge in [0.15, 0.2) is 0 Å². The van der Waals surface area contributed by atoms with Gasteiger partial charge in [-0.2, -0.15) is 0 Å². The number of unbranched alkanes of at least 4 members (excludes halogenated alkanes) is 11. The summed E-state index contributed by atoms with van der Waals surface area (Å²) >= 11 is 0. The standard InChI is InChI=1S/C21H45N/c1-5-6-7-8-13-16-19-22-20-17-14-11-9-10-12-15-18-21(2,3)4/h22H,5-20H2,1-4H3. The maximum absolute atomic E-state index is 3.60. The van der Waals surface area contributed by atoms with Crippen molar-refractivity contribution < 1.29 is 0 Å². The van der Waals surface area contributed by atoms with E-state index in [1.54, 1.807) is 0 Å². The minimum Gasteiger partial charge on any atom is -0.317 e. The van der Waals surface area contributed by atoms with E-state index in [1.165, 1.54) is 103 Å². The number of hydrogen-bond acceptors (Lipinski definition) is 1. The van der Waals surface area contributed by atoms with E-state index in [2.05, 4.69) is 33.0 Å². The highest BCUT2D eigenvalue weighted by Gasteiger charge is 2.08. The predicted octanol–water partition coefficient (Wildman–Crippen LogP) is 7.10. The first-order chi connectivity index (χ1) is 10.6. The lowest BCUT2D eigenvalue weighted by Crippen LogP contribution is -2.16. The molecule has 1 nitrogen and oxygen atoms in total. The molecule has 0 unspecified atom stereocenters. The summed E-state index contributed by atoms with van der Waals surface area (Å²) in [5.41, 5.74) is 0.529. The SMILES string of the molecule is CCCCCCCCNCCCCCCCCCC(C)(C)C. The highest BCUT2D eigenvalue weighted by molar-refractivity contribution is 4.61. The van der Waals surface area contributed by atoms with E-state index in [4.69, 9.17) is 0 Å². The first-order valence-electron chi connectivity index (χ1n) is 10.3. The molecule has 1 N–H and O–H groups in total. The molecule has 0 spiro atoms. The van der Waals surface area contributed by atoms with Crippen molar-refractivity contribution in [2.24, 2.45) is 5.41 Å². The third-order valence-electron chi connectivity index (χ3n) is 4.49. The summed E-state index contributed by atoms with van der Waals surface area (Å²) in [5, 5.41) is 3.60. The molecule has 0 aromatic carbocycles. The smallest absolute Gasteiger partial charge is 0.00489 e. The van der Waals surface area contributed by atoms with Crippen LogP contribution in [0.1, 0.15) is 118 Å². The molecule has 0 saturated carbocycles. The monoisotopic (exact) mass is 311 g/mol. The maximum atomic E-state index is 3.60. The van der Waals surface area contributed by atoms with Gasteiger partial charge in [0.05, 0.1) is 0 Å². The summed E-state index contributed by atoms with van der Waals surface area (Å²) in [6.45, 7) is 11.8. The lowest BCUT2D eigenvalue weighted by atomic mass is 9.89. The topological polar surface area (TPSA) is 12.0 Å². The Morgan fingerprint density at radius 1 is 0.545 bits per heavy atom. The molecule has 0 aliphatic carbocycles. The molecular weight excluding hydrogens is 266 g/mol. The van der Waals surface area contributed by atoms with Crippen molar-refractivity contribution in [2.45, 2.75) is 118 Å². The molecule has 22 heavy (non-hydrogen) atoms. The second-order valence-electron chi connectivity index (χ2n) is 8.30. The normalized spacial score (nSPS) is 12.0. The highest BCUT2D eigenvalue weighted by atomic mass is 14.8. The molecule has 0 aliphatic rings. The van der Waals surface area contributed by atoms with Crippen LogP contribution in [0.4, 0.5) is 0 Å². The molecule has 0 heterocycles. The Hall–Kier alpha value is -0.0400. The molecule has 0 atom stereocenters. The summed E-state index contributed by atoms with van der Waals surface area (Å²) < 4.78 is 0. The fourth-order valence-corrected chi connectivity index (χ4v) is 2.94. The predicted molar refractivity (Wildman–Crippen MR) is 103 cm³/mol. The van der Waals surface area contributed by atoms with Crippen LogP contribution in [0, 0.1) is 5.41 Å². The van der Waals surface area contributed by atoms with Crippen molar-refractivity contribution in [3.05, 3.63) is 0 Å². The number of nitrogens with one attached hydrogen (secondary N) is 1. The summed E-state index contributed by atoms with van der Waals surface area (Å²) in [7, 11) is 0. The molecular formula is C21H45N. The van der Waals surface area contributed by atoms with E-state index in [9.17, 15) is 0 Å². The van der Waals surface area contributed by atoms with Gasteiger partial charge in [-0.15, -0.1) is 0 Å². The van der Waals surface area contributed by atoms with Crippen LogP contribution in [-0.2, 0) is 0 Å². The number of hydrogen-bond donors (Lipinski definition) is 1. The Kier molecular flexibility index (Phi) is 15.8. The van der Waals surface area contributed by atoms with Crippen molar-refractivity contribution in [1.29, 1.82) is 0 Å². The molecule has 0 fully saturated rings. The van der Waals surface area contributed by atoms with Crippen molar-refractivity contribution in [1.82, 2.24) is 5.32 Å². The minimum atomic E-state index is 0.529. The zero-order chi connectivity index (χ0) is 16.5. The lowest BCUT2D eigenvalue weighted by Gasteiger charge is -2.17. The van der Waals surface area contributed by atoms with Gasteiger partial charge in [-0.1, -0.05) is 98.3 Å². The van der Waals surface area contributed by atoms with Crippen LogP contribution in [0.25, 0.3) is 0 Å². The Morgan fingerprint density at radius 2 is 0.955 bits per heavy atom. The quantitative estimate of drug-likeness (QED) is 0.300. The minimum absolute atomic E-state index is 0.529. The van der Waals surface area contributed by atoms with Gasteiger partial charge in [0.1, 0.15) is 0 Å². The molecule has 134 valence electrons. The summed E-state index contributed by atoms with van der Waals surface area (Å²) in [6, 6.07) is 0. The van der Waals surface area contributed by atoms with E-state index < -0.39 is 0 Å². The fraction of sp³-hybridized carbons (Fsp3) is 1.00. The average Bonchev–Trinajstić information content (AvgIpc) is 2.45. The van der Waals surface area contributed by atoms with Crippen molar-refractivity contribution in [3.8, 4) is 0 Å². The van der Waals surface area contributed by atoms with Crippen LogP contribution >= 0.6 is 0 Å². The van der Waals surface area contributed by atoms with Gasteiger partial charge >= 0.3 is 0 Å². The molecule has 0 aliphatic heterocycles. The average molecular weight is 312 g/mol. The molecule has 1 heteroatoms. The van der Waals surface area contributed by atoms with Crippen LogP contribution in [-0.4, -0.2) is 13.1 Å². The third-order valence-corrected chi connectivity index (χ3v) is 4.49. The molecule has 0 aromatic heterocycles. The molecule has 0 radical (unpaired) electrons. The van der Waals surface area contributed by atoms with E-state index in [0.717, 1.165) is 0 Å². The summed E-state index contributed by atoms with van der Waals surface area (Å²) in [5.74, 6) is 0. The van der Waals surface area contributed by atoms with E-state index in [-0.39, 0.29) is 0 Å². The summed E-state index contributed by atoms with van der Waals surface area (Å²) in [4.78, 5) is 0. The van der Waals surface area contributed by atoms with Crippen LogP contribution in [0.2, 0.25) is 0 Å². The van der Waals surface area contributed by atoms with Crippen LogP contribution in [0.15, 0.2) is 0 Å². The van der Waals surface area contributed by atoms with Crippen LogP contribution in [0.3, 0.4) is 0 Å². The Bertz CT molecular complexity index is 204. The maximum Gasteiger partial charge on any atom is -0.00489 e. The highest BCUT2D eigenvalue weighted by Crippen LogP contribution is 2.22.